The Morgan fingerprint density at radius 2 is 0.538 bits per heavy atom. The number of ether oxygens (including phenoxy) is 4. The third-order valence-corrected chi connectivity index (χ3v) is 18.2. The van der Waals surface area contributed by atoms with Crippen LogP contribution in [0.2, 0.25) is 0 Å². The molecule has 0 aliphatic heterocycles. The van der Waals surface area contributed by atoms with Crippen LogP contribution in [0.4, 0.5) is 0 Å². The van der Waals surface area contributed by atoms with Gasteiger partial charge in [-0.1, -0.05) is 276 Å². The van der Waals surface area contributed by atoms with Gasteiger partial charge in [-0.25, -0.2) is 9.13 Å². The molecule has 0 rings (SSSR count). The van der Waals surface area contributed by atoms with Gasteiger partial charge in [0.1, 0.15) is 19.3 Å². The van der Waals surface area contributed by atoms with Crippen LogP contribution in [-0.2, 0) is 65.4 Å². The minimum Gasteiger partial charge on any atom is -0.462 e. The molecule has 0 spiro atoms. The predicted molar refractivity (Wildman–Crippen MR) is 427 cm³/mol. The van der Waals surface area contributed by atoms with E-state index in [2.05, 4.69) is 155 Å². The molecule has 0 heterocycles. The maximum Gasteiger partial charge on any atom is 0.472 e. The number of unbranched alkanes of at least 4 members (excludes halogenated alkanes) is 24. The van der Waals surface area contributed by atoms with Crippen molar-refractivity contribution < 1.29 is 80.2 Å². The van der Waals surface area contributed by atoms with Gasteiger partial charge in [-0.05, 0) is 154 Å². The highest BCUT2D eigenvalue weighted by atomic mass is 31.2. The number of aliphatic hydroxyl groups is 1. The molecule has 3 N–H and O–H groups in total. The number of esters is 4. The van der Waals surface area contributed by atoms with Crippen LogP contribution in [0.1, 0.15) is 310 Å². The maximum atomic E-state index is 13.1. The van der Waals surface area contributed by atoms with E-state index in [4.69, 9.17) is 37.0 Å². The third kappa shape index (κ3) is 75.2. The largest absolute Gasteiger partial charge is 0.472 e. The van der Waals surface area contributed by atoms with Gasteiger partial charge in [0.2, 0.25) is 0 Å². The highest BCUT2D eigenvalue weighted by molar-refractivity contribution is 7.47. The molecule has 0 aliphatic rings. The number of aliphatic hydroxyl groups excluding tert-OH is 1. The number of allylic oxidation sites excluding steroid dienone is 24. The van der Waals surface area contributed by atoms with Gasteiger partial charge >= 0.3 is 39.5 Å². The summed E-state index contributed by atoms with van der Waals surface area (Å²) in [6.45, 7) is 4.53. The summed E-state index contributed by atoms with van der Waals surface area (Å²) in [7, 11) is -9.99. The number of rotatable bonds is 74. The van der Waals surface area contributed by atoms with Gasteiger partial charge < -0.3 is 33.8 Å². The van der Waals surface area contributed by atoms with Gasteiger partial charge in [0, 0.05) is 25.7 Å². The molecular formula is C85H142O17P2. The van der Waals surface area contributed by atoms with Crippen molar-refractivity contribution >= 4 is 39.5 Å². The van der Waals surface area contributed by atoms with E-state index in [-0.39, 0.29) is 25.7 Å². The zero-order chi connectivity index (χ0) is 76.0. The molecule has 0 aromatic carbocycles. The molecule has 19 heteroatoms. The smallest absolute Gasteiger partial charge is 0.462 e. The lowest BCUT2D eigenvalue weighted by Crippen LogP contribution is -2.30. The van der Waals surface area contributed by atoms with Crippen LogP contribution in [0.15, 0.2) is 146 Å². The van der Waals surface area contributed by atoms with Crippen LogP contribution in [0.5, 0.6) is 0 Å². The Labute approximate surface area is 630 Å². The molecule has 0 saturated heterocycles. The minimum atomic E-state index is -5.00. The van der Waals surface area contributed by atoms with Gasteiger partial charge in [-0.3, -0.25) is 37.3 Å². The summed E-state index contributed by atoms with van der Waals surface area (Å²) in [5, 5.41) is 10.6. The lowest BCUT2D eigenvalue weighted by atomic mass is 10.1. The zero-order valence-electron chi connectivity index (χ0n) is 64.9. The first kappa shape index (κ1) is 98.9. The molecule has 0 saturated carbocycles. The van der Waals surface area contributed by atoms with Crippen molar-refractivity contribution in [1.29, 1.82) is 0 Å². The monoisotopic (exact) mass is 1500 g/mol. The second-order valence-electron chi connectivity index (χ2n) is 26.3. The summed E-state index contributed by atoms with van der Waals surface area (Å²) in [5.41, 5.74) is 0. The summed E-state index contributed by atoms with van der Waals surface area (Å²) in [6.07, 6.45) is 87.0. The van der Waals surface area contributed by atoms with Crippen molar-refractivity contribution in [3.63, 3.8) is 0 Å². The predicted octanol–water partition coefficient (Wildman–Crippen LogP) is 23.4. The fraction of sp³-hybridized carbons (Fsp3) is 0.671. The Hall–Kier alpha value is -5.06. The molecule has 0 aliphatic carbocycles. The standard InChI is InChI=1S/C85H142O17P2/c1-5-9-13-17-21-25-29-33-35-37-39-41-43-47-49-53-57-61-65-69-82(87)95-75-80(101-84(89)71-67-63-59-55-51-45-31-27-23-19-15-11-7-3)77-99-103(91,92)97-73-79(86)74-98-104(93,94)100-78-81(102-85(90)72-68-64-60-56-52-46-32-28-24-20-16-12-8-4)76-96-83(88)70-66-62-58-54-50-48-44-42-40-38-36-34-30-26-22-18-14-10-6-2/h9,13,15,19,21-22,25-28,31-36,39-42,47,49,57,61,79-81,86H,5-8,10-12,14,16-18,20,23-24,29-30,37-38,43-46,48,50-56,58-60,62-78H2,1-4H3,(H,91,92)(H,93,94)/b13-9-,19-15-,25-21-,26-22-,31-27-,32-28-,35-33-,36-34-,41-39-,42-40-,49-47-,61-57-. The minimum absolute atomic E-state index is 0.0291. The number of carbonyl (C=O) groups excluding carboxylic acids is 4. The summed E-state index contributed by atoms with van der Waals surface area (Å²) < 4.78 is 68.5. The average molecular weight is 1500 g/mol. The van der Waals surface area contributed by atoms with E-state index in [1.54, 1.807) is 0 Å². The molecule has 17 nitrogen and oxygen atoms in total. The fourth-order valence-corrected chi connectivity index (χ4v) is 11.7. The van der Waals surface area contributed by atoms with Crippen molar-refractivity contribution in [3.05, 3.63) is 146 Å². The van der Waals surface area contributed by atoms with Crippen LogP contribution < -0.4 is 0 Å². The van der Waals surface area contributed by atoms with Crippen LogP contribution in [0.25, 0.3) is 0 Å². The van der Waals surface area contributed by atoms with E-state index < -0.39 is 97.5 Å². The summed E-state index contributed by atoms with van der Waals surface area (Å²) in [6, 6.07) is 0. The first-order chi connectivity index (χ1) is 50.7. The van der Waals surface area contributed by atoms with E-state index in [0.29, 0.717) is 32.1 Å². The van der Waals surface area contributed by atoms with Gasteiger partial charge in [0.05, 0.1) is 26.4 Å². The van der Waals surface area contributed by atoms with Crippen molar-refractivity contribution in [2.24, 2.45) is 0 Å². The normalized spacial score (nSPS) is 14.6. The van der Waals surface area contributed by atoms with E-state index in [9.17, 15) is 43.2 Å². The summed E-state index contributed by atoms with van der Waals surface area (Å²) in [4.78, 5) is 73.0. The van der Waals surface area contributed by atoms with Crippen LogP contribution in [-0.4, -0.2) is 96.7 Å². The first-order valence-corrected chi connectivity index (χ1v) is 43.1. The zero-order valence-corrected chi connectivity index (χ0v) is 66.7. The molecule has 0 aromatic rings. The Kier molecular flexibility index (Phi) is 72.4. The molecule has 5 atom stereocenters. The van der Waals surface area contributed by atoms with Crippen LogP contribution in [0.3, 0.4) is 0 Å². The number of phosphoric ester groups is 2. The summed E-state index contributed by atoms with van der Waals surface area (Å²) in [5.74, 6) is -2.31. The van der Waals surface area contributed by atoms with Gasteiger partial charge in [-0.2, -0.15) is 0 Å². The van der Waals surface area contributed by atoms with Crippen molar-refractivity contribution in [2.45, 2.75) is 329 Å². The topological polar surface area (TPSA) is 237 Å². The molecule has 104 heavy (non-hydrogen) atoms. The Morgan fingerprint density at radius 3 is 0.894 bits per heavy atom. The molecule has 594 valence electrons. The second kappa shape index (κ2) is 76.1. The van der Waals surface area contributed by atoms with E-state index in [1.165, 1.54) is 44.9 Å². The molecule has 0 aromatic heterocycles. The van der Waals surface area contributed by atoms with E-state index >= 15 is 0 Å². The molecular weight excluding hydrogens is 1350 g/mol. The van der Waals surface area contributed by atoms with E-state index in [1.807, 2.05) is 18.2 Å². The number of carbonyl (C=O) groups is 4. The van der Waals surface area contributed by atoms with Gasteiger partial charge in [0.15, 0.2) is 12.2 Å². The van der Waals surface area contributed by atoms with Crippen LogP contribution >= 0.6 is 15.6 Å². The number of phosphoric acid groups is 2. The highest BCUT2D eigenvalue weighted by Crippen LogP contribution is 2.45. The fourth-order valence-electron chi connectivity index (χ4n) is 10.2. The molecule has 0 bridgehead atoms. The Morgan fingerprint density at radius 1 is 0.279 bits per heavy atom. The van der Waals surface area contributed by atoms with Crippen molar-refractivity contribution in [2.75, 3.05) is 39.6 Å². The maximum absolute atomic E-state index is 13.1. The van der Waals surface area contributed by atoms with Crippen molar-refractivity contribution in [1.82, 2.24) is 0 Å². The lowest BCUT2D eigenvalue weighted by Gasteiger charge is -2.21. The molecule has 0 amide bonds. The number of hydrogen-bond acceptors (Lipinski definition) is 15. The SMILES string of the molecule is CC/C=C\C/C=C\C/C=C\C/C=C\C/C=C\C/C=C\CCC(=O)OCC(COP(=O)(O)OCC(O)COP(=O)(O)OCC(COC(=O)CCCCCCCC/C=C\C/C=C\C/C=C\CCCCC)OC(=O)CCCCCCC/C=C\CCCCCC)OC(=O)CCCCCCC/C=C\C/C=C\CCC. The Balaban J connectivity index is 5.41. The van der Waals surface area contributed by atoms with E-state index in [0.717, 1.165) is 180 Å². The van der Waals surface area contributed by atoms with Crippen LogP contribution in [0, 0.1) is 0 Å². The molecule has 0 fully saturated rings. The third-order valence-electron chi connectivity index (χ3n) is 16.3. The second-order valence-corrected chi connectivity index (χ2v) is 29.2. The highest BCUT2D eigenvalue weighted by Gasteiger charge is 2.30. The van der Waals surface area contributed by atoms with Crippen molar-refractivity contribution in [3.8, 4) is 0 Å². The first-order valence-electron chi connectivity index (χ1n) is 40.1. The lowest BCUT2D eigenvalue weighted by molar-refractivity contribution is -0.161. The Bertz CT molecular complexity index is 2540. The van der Waals surface area contributed by atoms with Gasteiger partial charge in [-0.15, -0.1) is 0 Å². The molecule has 0 radical (unpaired) electrons. The number of hydrogen-bond donors (Lipinski definition) is 3. The quantitative estimate of drug-likeness (QED) is 0.0169. The van der Waals surface area contributed by atoms with Gasteiger partial charge in [0.25, 0.3) is 0 Å². The average Bonchev–Trinajstić information content (AvgIpc) is 0.913. The molecule has 5 unspecified atom stereocenters. The summed E-state index contributed by atoms with van der Waals surface area (Å²) >= 11 is 0.